The van der Waals surface area contributed by atoms with Crippen molar-refractivity contribution in [1.29, 1.82) is 0 Å². The number of Topliss-reactive ketones (excluding diaryl/α,β-unsaturated/α-hetero) is 2. The summed E-state index contributed by atoms with van der Waals surface area (Å²) in [6.45, 7) is 4.32. The molecular weight excluding hydrogens is 288 g/mol. The first-order valence-corrected chi connectivity index (χ1v) is 8.12. The standard InChI is InChI=1S/C19H24N2O2/c1-3-9-21-14(2)12-20-13-17-18(22)10-16(11-19(17)23)15-7-5-4-6-8-15/h3,5,7-9,13,16,20H,4,6,10-12H2,1-2H3/b9-3-,17-13?,21-14+. The predicted molar refractivity (Wildman–Crippen MR) is 93.2 cm³/mol. The summed E-state index contributed by atoms with van der Waals surface area (Å²) in [5.41, 5.74) is 2.32. The maximum absolute atomic E-state index is 12.3. The summed E-state index contributed by atoms with van der Waals surface area (Å²) in [5, 5.41) is 3.02. The lowest BCUT2D eigenvalue weighted by Gasteiger charge is -2.24. The van der Waals surface area contributed by atoms with Crippen molar-refractivity contribution in [3.8, 4) is 0 Å². The van der Waals surface area contributed by atoms with E-state index < -0.39 is 0 Å². The molecule has 4 heteroatoms. The number of rotatable bonds is 5. The smallest absolute Gasteiger partial charge is 0.168 e. The molecule has 2 aliphatic carbocycles. The Labute approximate surface area is 137 Å². The molecule has 0 aromatic rings. The van der Waals surface area contributed by atoms with Crippen LogP contribution in [-0.4, -0.2) is 23.8 Å². The first-order chi connectivity index (χ1) is 11.1. The summed E-state index contributed by atoms with van der Waals surface area (Å²) < 4.78 is 0. The monoisotopic (exact) mass is 312 g/mol. The van der Waals surface area contributed by atoms with E-state index in [1.54, 1.807) is 12.4 Å². The molecule has 0 aromatic carbocycles. The van der Waals surface area contributed by atoms with Gasteiger partial charge in [0.15, 0.2) is 11.6 Å². The van der Waals surface area contributed by atoms with Crippen molar-refractivity contribution in [1.82, 2.24) is 5.32 Å². The minimum Gasteiger partial charge on any atom is -0.385 e. The van der Waals surface area contributed by atoms with E-state index in [2.05, 4.69) is 28.5 Å². The average molecular weight is 312 g/mol. The number of nitrogens with one attached hydrogen (secondary N) is 1. The number of hydrogen-bond acceptors (Lipinski definition) is 4. The second kappa shape index (κ2) is 8.42. The van der Waals surface area contributed by atoms with Gasteiger partial charge in [-0.25, -0.2) is 0 Å². The molecule has 1 saturated carbocycles. The molecule has 4 nitrogen and oxygen atoms in total. The van der Waals surface area contributed by atoms with Crippen molar-refractivity contribution < 1.29 is 9.59 Å². The fourth-order valence-electron chi connectivity index (χ4n) is 2.78. The van der Waals surface area contributed by atoms with Crippen LogP contribution < -0.4 is 5.32 Å². The fourth-order valence-corrected chi connectivity index (χ4v) is 2.78. The lowest BCUT2D eigenvalue weighted by Crippen LogP contribution is -2.29. The van der Waals surface area contributed by atoms with E-state index in [-0.39, 0.29) is 17.5 Å². The van der Waals surface area contributed by atoms with Crippen molar-refractivity contribution in [2.75, 3.05) is 6.54 Å². The quantitative estimate of drug-likeness (QED) is 0.481. The van der Waals surface area contributed by atoms with E-state index in [1.807, 2.05) is 19.9 Å². The molecule has 0 unspecified atom stereocenters. The topological polar surface area (TPSA) is 58.5 Å². The Morgan fingerprint density at radius 3 is 2.65 bits per heavy atom. The third kappa shape index (κ3) is 4.88. The zero-order valence-electron chi connectivity index (χ0n) is 13.8. The molecule has 0 spiro atoms. The van der Waals surface area contributed by atoms with Gasteiger partial charge in [-0.3, -0.25) is 14.6 Å². The number of nitrogens with zero attached hydrogens (tertiary/aromatic N) is 1. The lowest BCUT2D eigenvalue weighted by atomic mass is 9.78. The first-order valence-electron chi connectivity index (χ1n) is 8.12. The molecule has 1 N–H and O–H groups in total. The summed E-state index contributed by atoms with van der Waals surface area (Å²) >= 11 is 0. The largest absolute Gasteiger partial charge is 0.385 e. The molecule has 0 amide bonds. The Kier molecular flexibility index (Phi) is 6.27. The Balaban J connectivity index is 1.96. The molecule has 23 heavy (non-hydrogen) atoms. The molecule has 0 bridgehead atoms. The van der Waals surface area contributed by atoms with Crippen molar-refractivity contribution in [2.45, 2.75) is 39.5 Å². The molecule has 1 fully saturated rings. The summed E-state index contributed by atoms with van der Waals surface area (Å²) in [6.07, 6.45) is 14.3. The van der Waals surface area contributed by atoms with Gasteiger partial charge >= 0.3 is 0 Å². The Morgan fingerprint density at radius 2 is 2.04 bits per heavy atom. The van der Waals surface area contributed by atoms with Crippen LogP contribution in [0, 0.1) is 5.92 Å². The van der Waals surface area contributed by atoms with Crippen molar-refractivity contribution in [3.63, 3.8) is 0 Å². The van der Waals surface area contributed by atoms with Crippen LogP contribution in [0.3, 0.4) is 0 Å². The molecule has 122 valence electrons. The van der Waals surface area contributed by atoms with Crippen LogP contribution >= 0.6 is 0 Å². The minimum absolute atomic E-state index is 0.0432. The molecule has 0 aliphatic heterocycles. The molecule has 2 rings (SSSR count). The van der Waals surface area contributed by atoms with E-state index >= 15 is 0 Å². The van der Waals surface area contributed by atoms with Gasteiger partial charge in [-0.2, -0.15) is 0 Å². The van der Waals surface area contributed by atoms with Gasteiger partial charge in [0, 0.05) is 31.0 Å². The zero-order chi connectivity index (χ0) is 16.7. The number of allylic oxidation sites excluding steroid dienone is 6. The second-order valence-corrected chi connectivity index (χ2v) is 5.92. The van der Waals surface area contributed by atoms with E-state index in [0.717, 1.165) is 24.1 Å². The second-order valence-electron chi connectivity index (χ2n) is 5.92. The number of carbonyl (C=O) groups is 2. The molecule has 0 heterocycles. The molecular formula is C19H24N2O2. The minimum atomic E-state index is -0.0679. The van der Waals surface area contributed by atoms with Gasteiger partial charge < -0.3 is 5.32 Å². The SMILES string of the molecule is C/C=C\N=C(/C)CNC=C1C(=O)CC(C2=CCCC=C2)CC1=O. The van der Waals surface area contributed by atoms with E-state index in [1.165, 1.54) is 0 Å². The number of aliphatic imine (C=N–C) groups is 1. The van der Waals surface area contributed by atoms with Crippen LogP contribution in [0.1, 0.15) is 39.5 Å². The maximum atomic E-state index is 12.3. The van der Waals surface area contributed by atoms with Crippen LogP contribution in [-0.2, 0) is 9.59 Å². The van der Waals surface area contributed by atoms with Gasteiger partial charge in [0.2, 0.25) is 0 Å². The van der Waals surface area contributed by atoms with E-state index in [0.29, 0.717) is 25.0 Å². The average Bonchev–Trinajstić information content (AvgIpc) is 2.56. The van der Waals surface area contributed by atoms with Crippen LogP contribution in [0.15, 0.2) is 52.8 Å². The van der Waals surface area contributed by atoms with Crippen LogP contribution in [0.25, 0.3) is 0 Å². The maximum Gasteiger partial charge on any atom is 0.168 e. The molecule has 0 radical (unpaired) electrons. The third-order valence-electron chi connectivity index (χ3n) is 4.01. The highest BCUT2D eigenvalue weighted by atomic mass is 16.1. The molecule has 0 atom stereocenters. The number of hydrogen-bond donors (Lipinski definition) is 1. The van der Waals surface area contributed by atoms with Gasteiger partial charge in [-0.15, -0.1) is 0 Å². The van der Waals surface area contributed by atoms with Gasteiger partial charge in [-0.1, -0.05) is 24.3 Å². The molecule has 0 aromatic heterocycles. The predicted octanol–water partition coefficient (Wildman–Crippen LogP) is 3.28. The van der Waals surface area contributed by atoms with Crippen LogP contribution in [0.5, 0.6) is 0 Å². The van der Waals surface area contributed by atoms with Gasteiger partial charge in [0.1, 0.15) is 0 Å². The highest BCUT2D eigenvalue weighted by molar-refractivity contribution is 6.22. The summed E-state index contributed by atoms with van der Waals surface area (Å²) in [4.78, 5) is 28.8. The van der Waals surface area contributed by atoms with Gasteiger partial charge in [0.25, 0.3) is 0 Å². The summed E-state index contributed by atoms with van der Waals surface area (Å²) in [6, 6.07) is 0. The van der Waals surface area contributed by atoms with Crippen molar-refractivity contribution in [2.24, 2.45) is 10.9 Å². The van der Waals surface area contributed by atoms with Gasteiger partial charge in [-0.05, 0) is 38.2 Å². The van der Waals surface area contributed by atoms with Gasteiger partial charge in [0.05, 0.1) is 12.1 Å². The fraction of sp³-hybridized carbons (Fsp3) is 0.421. The zero-order valence-corrected chi connectivity index (χ0v) is 13.8. The molecule has 2 aliphatic rings. The van der Waals surface area contributed by atoms with Crippen LogP contribution in [0.4, 0.5) is 0 Å². The highest BCUT2D eigenvalue weighted by Gasteiger charge is 2.31. The van der Waals surface area contributed by atoms with E-state index in [4.69, 9.17) is 0 Å². The number of carbonyl (C=O) groups excluding carboxylic acids is 2. The summed E-state index contributed by atoms with van der Waals surface area (Å²) in [7, 11) is 0. The lowest BCUT2D eigenvalue weighted by molar-refractivity contribution is -0.124. The Morgan fingerprint density at radius 1 is 1.30 bits per heavy atom. The molecule has 0 saturated heterocycles. The number of ketones is 2. The first kappa shape index (κ1) is 17.1. The highest BCUT2D eigenvalue weighted by Crippen LogP contribution is 2.31. The third-order valence-corrected chi connectivity index (χ3v) is 4.01. The Hall–Kier alpha value is -2.23. The van der Waals surface area contributed by atoms with Crippen LogP contribution in [0.2, 0.25) is 0 Å². The van der Waals surface area contributed by atoms with Crippen molar-refractivity contribution in [3.05, 3.63) is 47.9 Å². The van der Waals surface area contributed by atoms with E-state index in [9.17, 15) is 9.59 Å². The van der Waals surface area contributed by atoms with Crippen molar-refractivity contribution >= 4 is 17.3 Å². The Bertz CT molecular complexity index is 601. The normalized spacial score (nSPS) is 22.5. The summed E-state index contributed by atoms with van der Waals surface area (Å²) in [5.74, 6) is -0.0926.